The fourth-order valence-electron chi connectivity index (χ4n) is 1.26. The maximum Gasteiger partial charge on any atom is 0.335 e. The molecular formula is C12H15NO4. The lowest BCUT2D eigenvalue weighted by molar-refractivity contribution is -0.152. The van der Waals surface area contributed by atoms with Crippen molar-refractivity contribution in [2.75, 3.05) is 7.11 Å². The quantitative estimate of drug-likeness (QED) is 0.719. The van der Waals surface area contributed by atoms with Gasteiger partial charge in [-0.2, -0.15) is 0 Å². The first-order chi connectivity index (χ1) is 8.13. The van der Waals surface area contributed by atoms with Gasteiger partial charge in [-0.1, -0.05) is 30.3 Å². The fraction of sp³-hybridized carbons (Fsp3) is 0.333. The Labute approximate surface area is 99.4 Å². The van der Waals surface area contributed by atoms with E-state index in [1.54, 1.807) is 0 Å². The Balaban J connectivity index is 2.33. The number of aliphatic hydroxyl groups excluding tert-OH is 1. The molecule has 0 saturated heterocycles. The predicted octanol–water partition coefficient (Wildman–Crippen LogP) is 0.227. The van der Waals surface area contributed by atoms with E-state index < -0.39 is 18.0 Å². The average Bonchev–Trinajstić information content (AvgIpc) is 2.36. The van der Waals surface area contributed by atoms with Gasteiger partial charge in [0.15, 0.2) is 6.10 Å². The highest BCUT2D eigenvalue weighted by atomic mass is 16.5. The van der Waals surface area contributed by atoms with Crippen molar-refractivity contribution in [2.45, 2.75) is 19.1 Å². The lowest BCUT2D eigenvalue weighted by atomic mass is 10.2. The van der Waals surface area contributed by atoms with Gasteiger partial charge in [0, 0.05) is 6.54 Å². The van der Waals surface area contributed by atoms with Crippen LogP contribution in [0, 0.1) is 0 Å². The number of carbonyl (C=O) groups excluding carboxylic acids is 2. The van der Waals surface area contributed by atoms with E-state index in [0.29, 0.717) is 6.54 Å². The van der Waals surface area contributed by atoms with Gasteiger partial charge in [-0.3, -0.25) is 4.79 Å². The molecule has 0 unspecified atom stereocenters. The molecular weight excluding hydrogens is 222 g/mol. The lowest BCUT2D eigenvalue weighted by Crippen LogP contribution is -2.31. The fourth-order valence-corrected chi connectivity index (χ4v) is 1.26. The summed E-state index contributed by atoms with van der Waals surface area (Å²) in [6.07, 6.45) is -1.70. The van der Waals surface area contributed by atoms with E-state index in [2.05, 4.69) is 10.1 Å². The molecule has 1 atom stereocenters. The van der Waals surface area contributed by atoms with Gasteiger partial charge >= 0.3 is 5.97 Å². The van der Waals surface area contributed by atoms with Crippen molar-refractivity contribution in [3.63, 3.8) is 0 Å². The van der Waals surface area contributed by atoms with Gasteiger partial charge in [-0.25, -0.2) is 4.79 Å². The molecule has 1 aromatic carbocycles. The minimum absolute atomic E-state index is 0.292. The van der Waals surface area contributed by atoms with Gasteiger partial charge in [0.25, 0.3) is 0 Å². The number of rotatable bonds is 5. The Kier molecular flexibility index (Phi) is 5.16. The minimum atomic E-state index is -1.41. The van der Waals surface area contributed by atoms with Crippen molar-refractivity contribution >= 4 is 11.9 Å². The van der Waals surface area contributed by atoms with Crippen molar-refractivity contribution in [1.82, 2.24) is 5.32 Å². The highest BCUT2D eigenvalue weighted by Gasteiger charge is 2.18. The number of ether oxygens (including phenoxy) is 1. The number of esters is 1. The van der Waals surface area contributed by atoms with Gasteiger partial charge in [0.05, 0.1) is 13.5 Å². The Morgan fingerprint density at radius 3 is 2.59 bits per heavy atom. The summed E-state index contributed by atoms with van der Waals surface area (Å²) >= 11 is 0. The number of methoxy groups -OCH3 is 1. The second kappa shape index (κ2) is 6.65. The lowest BCUT2D eigenvalue weighted by Gasteiger charge is -2.08. The molecule has 0 aliphatic carbocycles. The third-order valence-corrected chi connectivity index (χ3v) is 2.18. The number of carbonyl (C=O) groups is 2. The van der Waals surface area contributed by atoms with Crippen LogP contribution >= 0.6 is 0 Å². The Morgan fingerprint density at radius 1 is 1.35 bits per heavy atom. The van der Waals surface area contributed by atoms with E-state index in [0.717, 1.165) is 12.7 Å². The molecule has 0 aromatic heterocycles. The molecule has 0 fully saturated rings. The summed E-state index contributed by atoms with van der Waals surface area (Å²) in [4.78, 5) is 22.2. The first-order valence-electron chi connectivity index (χ1n) is 5.20. The van der Waals surface area contributed by atoms with Gasteiger partial charge in [0.2, 0.25) is 5.91 Å². The van der Waals surface area contributed by atoms with Crippen molar-refractivity contribution in [2.24, 2.45) is 0 Å². The van der Waals surface area contributed by atoms with Crippen LogP contribution < -0.4 is 5.32 Å². The molecule has 17 heavy (non-hydrogen) atoms. The molecule has 5 heteroatoms. The molecule has 0 radical (unpaired) electrons. The van der Waals surface area contributed by atoms with Gasteiger partial charge in [-0.05, 0) is 5.56 Å². The van der Waals surface area contributed by atoms with Gasteiger partial charge in [0.1, 0.15) is 0 Å². The zero-order chi connectivity index (χ0) is 12.7. The third-order valence-electron chi connectivity index (χ3n) is 2.18. The highest BCUT2D eigenvalue weighted by molar-refractivity contribution is 5.84. The zero-order valence-corrected chi connectivity index (χ0v) is 9.55. The monoisotopic (exact) mass is 237 g/mol. The SMILES string of the molecule is COC(=O)[C@@H](O)CC(=O)NCc1ccccc1. The van der Waals surface area contributed by atoms with Crippen LogP contribution in [0.25, 0.3) is 0 Å². The van der Waals surface area contributed by atoms with E-state index >= 15 is 0 Å². The molecule has 0 aliphatic rings. The maximum atomic E-state index is 11.4. The predicted molar refractivity (Wildman–Crippen MR) is 60.9 cm³/mol. The highest BCUT2D eigenvalue weighted by Crippen LogP contribution is 1.99. The number of nitrogens with one attached hydrogen (secondary N) is 1. The Bertz CT molecular complexity index is 377. The molecule has 0 aliphatic heterocycles. The van der Waals surface area contributed by atoms with Crippen LogP contribution in [0.5, 0.6) is 0 Å². The van der Waals surface area contributed by atoms with Crippen LogP contribution in [0.3, 0.4) is 0 Å². The largest absolute Gasteiger partial charge is 0.467 e. The van der Waals surface area contributed by atoms with E-state index in [4.69, 9.17) is 0 Å². The number of benzene rings is 1. The topological polar surface area (TPSA) is 75.6 Å². The molecule has 0 spiro atoms. The molecule has 1 aromatic rings. The van der Waals surface area contributed by atoms with E-state index in [9.17, 15) is 14.7 Å². The molecule has 1 amide bonds. The molecule has 1 rings (SSSR count). The molecule has 0 bridgehead atoms. The third kappa shape index (κ3) is 4.65. The average molecular weight is 237 g/mol. The van der Waals surface area contributed by atoms with Crippen LogP contribution in [0.15, 0.2) is 30.3 Å². The first kappa shape index (κ1) is 13.2. The summed E-state index contributed by atoms with van der Waals surface area (Å²) in [7, 11) is 1.16. The van der Waals surface area contributed by atoms with Crippen LogP contribution in [-0.4, -0.2) is 30.2 Å². The number of hydrogen-bond acceptors (Lipinski definition) is 4. The van der Waals surface area contributed by atoms with E-state index in [1.165, 1.54) is 0 Å². The first-order valence-corrected chi connectivity index (χ1v) is 5.20. The second-order valence-corrected chi connectivity index (χ2v) is 3.51. The minimum Gasteiger partial charge on any atom is -0.467 e. The zero-order valence-electron chi connectivity index (χ0n) is 9.55. The molecule has 5 nitrogen and oxygen atoms in total. The summed E-state index contributed by atoms with van der Waals surface area (Å²) in [5.41, 5.74) is 0.952. The maximum absolute atomic E-state index is 11.4. The molecule has 0 saturated carbocycles. The summed E-state index contributed by atoms with van der Waals surface area (Å²) in [5, 5.41) is 11.9. The van der Waals surface area contributed by atoms with Crippen LogP contribution in [-0.2, 0) is 20.9 Å². The van der Waals surface area contributed by atoms with Gasteiger partial charge in [-0.15, -0.1) is 0 Å². The molecule has 0 heterocycles. The Hall–Kier alpha value is -1.88. The van der Waals surface area contributed by atoms with Crippen LogP contribution in [0.1, 0.15) is 12.0 Å². The van der Waals surface area contributed by atoms with Crippen molar-refractivity contribution in [3.05, 3.63) is 35.9 Å². The van der Waals surface area contributed by atoms with Gasteiger partial charge < -0.3 is 15.2 Å². The summed E-state index contributed by atoms with van der Waals surface area (Å²) in [5.74, 6) is -1.20. The summed E-state index contributed by atoms with van der Waals surface area (Å²) in [6.45, 7) is 0.369. The molecule has 92 valence electrons. The Morgan fingerprint density at radius 2 is 2.00 bits per heavy atom. The standard InChI is InChI=1S/C12H15NO4/c1-17-12(16)10(14)7-11(15)13-8-9-5-3-2-4-6-9/h2-6,10,14H,7-8H2,1H3,(H,13,15)/t10-/m0/s1. The van der Waals surface area contributed by atoms with Crippen molar-refractivity contribution in [1.29, 1.82) is 0 Å². The normalized spacial score (nSPS) is 11.6. The van der Waals surface area contributed by atoms with E-state index in [1.807, 2.05) is 30.3 Å². The van der Waals surface area contributed by atoms with Crippen molar-refractivity contribution in [3.8, 4) is 0 Å². The number of amides is 1. The molecule has 2 N–H and O–H groups in total. The second-order valence-electron chi connectivity index (χ2n) is 3.51. The smallest absolute Gasteiger partial charge is 0.335 e. The number of hydrogen-bond donors (Lipinski definition) is 2. The summed E-state index contributed by atoms with van der Waals surface area (Å²) in [6, 6.07) is 9.36. The summed E-state index contributed by atoms with van der Waals surface area (Å²) < 4.78 is 4.31. The van der Waals surface area contributed by atoms with Crippen LogP contribution in [0.4, 0.5) is 0 Å². The number of aliphatic hydroxyl groups is 1. The van der Waals surface area contributed by atoms with Crippen LogP contribution in [0.2, 0.25) is 0 Å². The van der Waals surface area contributed by atoms with Crippen molar-refractivity contribution < 1.29 is 19.4 Å². The van der Waals surface area contributed by atoms with E-state index in [-0.39, 0.29) is 6.42 Å².